The molecule has 1 N–H and O–H groups in total. The number of carbonyl (C=O) groups is 1. The van der Waals surface area contributed by atoms with Crippen molar-refractivity contribution in [1.29, 1.82) is 0 Å². The number of nitrogens with zero attached hydrogens (tertiary/aromatic N) is 2. The lowest BCUT2D eigenvalue weighted by Gasteiger charge is -2.14. The van der Waals surface area contributed by atoms with Crippen LogP contribution in [0, 0.1) is 0 Å². The second kappa shape index (κ2) is 10.4. The Hall–Kier alpha value is -3.11. The van der Waals surface area contributed by atoms with Crippen LogP contribution in [0.5, 0.6) is 17.2 Å². The van der Waals surface area contributed by atoms with Gasteiger partial charge >= 0.3 is 12.3 Å². The molecule has 0 aliphatic heterocycles. The minimum Gasteiger partial charge on any atom is -0.492 e. The summed E-state index contributed by atoms with van der Waals surface area (Å²) in [7, 11) is 1.74. The molecule has 0 amide bonds. The number of aryl methyl sites for hydroxylation is 1. The number of benzene rings is 2. The summed E-state index contributed by atoms with van der Waals surface area (Å²) in [6.45, 7) is 1.59. The van der Waals surface area contributed by atoms with Gasteiger partial charge in [0, 0.05) is 36.9 Å². The van der Waals surface area contributed by atoms with Crippen molar-refractivity contribution in [3.8, 4) is 28.5 Å². The van der Waals surface area contributed by atoms with Gasteiger partial charge in [-0.3, -0.25) is 4.68 Å². The Morgan fingerprint density at radius 2 is 1.74 bits per heavy atom. The van der Waals surface area contributed by atoms with Gasteiger partial charge in [-0.05, 0) is 37.3 Å². The van der Waals surface area contributed by atoms with E-state index in [4.69, 9.17) is 37.8 Å². The zero-order chi connectivity index (χ0) is 25.0. The number of aliphatic carboxylic acids is 1. The second-order valence-electron chi connectivity index (χ2n) is 7.13. The fraction of sp³-hybridized carbons (Fsp3) is 0.273. The predicted octanol–water partition coefficient (Wildman–Crippen LogP) is 5.77. The Kier molecular flexibility index (Phi) is 7.83. The van der Waals surface area contributed by atoms with Gasteiger partial charge in [-0.1, -0.05) is 23.2 Å². The fourth-order valence-corrected chi connectivity index (χ4v) is 3.33. The van der Waals surface area contributed by atoms with Crippen LogP contribution in [0.15, 0.2) is 42.5 Å². The number of carboxylic acids is 1. The summed E-state index contributed by atoms with van der Waals surface area (Å²) in [5.41, 5.74) is 2.01. The molecule has 0 bridgehead atoms. The first-order valence-electron chi connectivity index (χ1n) is 9.83. The SMILES string of the molecule is CC(Oc1cc(Cl)c(OCCc2cc(-c3ccc(OC(F)(F)F)cc3)nn2C)cc1Cl)C(=O)O. The Morgan fingerprint density at radius 3 is 2.35 bits per heavy atom. The largest absolute Gasteiger partial charge is 0.573 e. The smallest absolute Gasteiger partial charge is 0.492 e. The molecular formula is C22H19Cl2F3N2O5. The topological polar surface area (TPSA) is 82.8 Å². The maximum absolute atomic E-state index is 12.3. The summed E-state index contributed by atoms with van der Waals surface area (Å²) in [6, 6.07) is 10.0. The van der Waals surface area contributed by atoms with E-state index < -0.39 is 18.4 Å². The van der Waals surface area contributed by atoms with Gasteiger partial charge < -0.3 is 19.3 Å². The van der Waals surface area contributed by atoms with E-state index in [0.29, 0.717) is 23.4 Å². The Bertz CT molecular complexity index is 1170. The molecule has 1 aromatic heterocycles. The molecule has 2 aromatic carbocycles. The maximum atomic E-state index is 12.3. The number of hydrogen-bond donors (Lipinski definition) is 1. The summed E-state index contributed by atoms with van der Waals surface area (Å²) < 4.78 is 53.4. The lowest BCUT2D eigenvalue weighted by atomic mass is 10.1. The van der Waals surface area contributed by atoms with Gasteiger partial charge in [0.25, 0.3) is 0 Å². The van der Waals surface area contributed by atoms with Crippen LogP contribution in [0.2, 0.25) is 10.0 Å². The molecule has 3 rings (SSSR count). The molecule has 0 spiro atoms. The van der Waals surface area contributed by atoms with Crippen molar-refractivity contribution >= 4 is 29.2 Å². The standard InChI is InChI=1S/C22H19Cl2F3N2O5/c1-12(21(30)31)33-20-11-16(23)19(10-17(20)24)32-8-7-14-9-18(28-29(14)2)13-3-5-15(6-4-13)34-22(25,26)27/h3-6,9-12H,7-8H2,1-2H3,(H,30,31). The first kappa shape index (κ1) is 25.5. The first-order chi connectivity index (χ1) is 15.9. The van der Waals surface area contributed by atoms with Crippen molar-refractivity contribution in [2.24, 2.45) is 7.05 Å². The van der Waals surface area contributed by atoms with E-state index in [0.717, 1.165) is 5.69 Å². The molecule has 0 radical (unpaired) electrons. The zero-order valence-corrected chi connectivity index (χ0v) is 19.4. The fourth-order valence-electron chi connectivity index (χ4n) is 2.93. The van der Waals surface area contributed by atoms with Crippen LogP contribution < -0.4 is 14.2 Å². The van der Waals surface area contributed by atoms with Crippen molar-refractivity contribution in [2.75, 3.05) is 6.61 Å². The molecule has 0 fully saturated rings. The van der Waals surface area contributed by atoms with Gasteiger partial charge in [0.05, 0.1) is 22.3 Å². The van der Waals surface area contributed by atoms with Gasteiger partial charge in [0.15, 0.2) is 6.10 Å². The number of ether oxygens (including phenoxy) is 3. The molecule has 0 aliphatic carbocycles. The highest BCUT2D eigenvalue weighted by Crippen LogP contribution is 2.36. The van der Waals surface area contributed by atoms with E-state index >= 15 is 0 Å². The third kappa shape index (κ3) is 6.71. The minimum absolute atomic E-state index is 0.122. The first-order valence-corrected chi connectivity index (χ1v) is 10.6. The van der Waals surface area contributed by atoms with Crippen LogP contribution in [-0.2, 0) is 18.3 Å². The minimum atomic E-state index is -4.75. The van der Waals surface area contributed by atoms with Gasteiger partial charge in [0.1, 0.15) is 17.2 Å². The van der Waals surface area contributed by atoms with Crippen LogP contribution in [0.3, 0.4) is 0 Å². The number of halogens is 5. The molecule has 1 unspecified atom stereocenters. The molecule has 0 saturated carbocycles. The third-order valence-corrected chi connectivity index (χ3v) is 5.20. The highest BCUT2D eigenvalue weighted by atomic mass is 35.5. The van der Waals surface area contributed by atoms with Gasteiger partial charge in [-0.15, -0.1) is 13.2 Å². The van der Waals surface area contributed by atoms with Gasteiger partial charge in [-0.25, -0.2) is 4.79 Å². The van der Waals surface area contributed by atoms with E-state index in [9.17, 15) is 18.0 Å². The Labute approximate surface area is 202 Å². The normalized spacial score (nSPS) is 12.3. The lowest BCUT2D eigenvalue weighted by Crippen LogP contribution is -2.23. The molecule has 182 valence electrons. The summed E-state index contributed by atoms with van der Waals surface area (Å²) >= 11 is 12.4. The summed E-state index contributed by atoms with van der Waals surface area (Å²) in [6.07, 6.45) is -5.41. The van der Waals surface area contributed by atoms with Crippen molar-refractivity contribution in [1.82, 2.24) is 9.78 Å². The zero-order valence-electron chi connectivity index (χ0n) is 17.9. The maximum Gasteiger partial charge on any atom is 0.573 e. The van der Waals surface area contributed by atoms with Crippen molar-refractivity contribution in [2.45, 2.75) is 25.8 Å². The molecule has 1 atom stereocenters. The number of alkyl halides is 3. The van der Waals surface area contributed by atoms with Crippen LogP contribution in [-0.4, -0.2) is 39.9 Å². The molecule has 3 aromatic rings. The lowest BCUT2D eigenvalue weighted by molar-refractivity contribution is -0.274. The highest BCUT2D eigenvalue weighted by Gasteiger charge is 2.31. The molecule has 7 nitrogen and oxygen atoms in total. The van der Waals surface area contributed by atoms with E-state index in [1.54, 1.807) is 17.8 Å². The number of carboxylic acid groups (broad SMARTS) is 1. The summed E-state index contributed by atoms with van der Waals surface area (Å²) in [4.78, 5) is 10.9. The molecule has 1 heterocycles. The number of aromatic nitrogens is 2. The molecule has 0 saturated heterocycles. The second-order valence-corrected chi connectivity index (χ2v) is 7.94. The molecular weight excluding hydrogens is 500 g/mol. The van der Waals surface area contributed by atoms with E-state index in [-0.39, 0.29) is 28.2 Å². The van der Waals surface area contributed by atoms with Crippen LogP contribution in [0.1, 0.15) is 12.6 Å². The van der Waals surface area contributed by atoms with Crippen molar-refractivity contribution in [3.63, 3.8) is 0 Å². The van der Waals surface area contributed by atoms with Gasteiger partial charge in [-0.2, -0.15) is 5.10 Å². The van der Waals surface area contributed by atoms with Crippen molar-refractivity contribution in [3.05, 3.63) is 58.2 Å². The van der Waals surface area contributed by atoms with Gasteiger partial charge in [0.2, 0.25) is 0 Å². The summed E-state index contributed by atoms with van der Waals surface area (Å²) in [5.74, 6) is -1.04. The monoisotopic (exact) mass is 518 g/mol. The van der Waals surface area contributed by atoms with E-state index in [1.807, 2.05) is 0 Å². The highest BCUT2D eigenvalue weighted by molar-refractivity contribution is 6.35. The Balaban J connectivity index is 1.63. The van der Waals surface area contributed by atoms with E-state index in [1.165, 1.54) is 43.3 Å². The molecule has 0 aliphatic rings. The third-order valence-electron chi connectivity index (χ3n) is 4.61. The molecule has 12 heteroatoms. The van der Waals surface area contributed by atoms with E-state index in [2.05, 4.69) is 9.84 Å². The quantitative estimate of drug-likeness (QED) is 0.387. The predicted molar refractivity (Wildman–Crippen MR) is 119 cm³/mol. The van der Waals surface area contributed by atoms with Crippen molar-refractivity contribution < 1.29 is 37.3 Å². The van der Waals surface area contributed by atoms with Crippen LogP contribution >= 0.6 is 23.2 Å². The Morgan fingerprint density at radius 1 is 1.12 bits per heavy atom. The van der Waals surface area contributed by atoms with Crippen LogP contribution in [0.4, 0.5) is 13.2 Å². The molecule has 34 heavy (non-hydrogen) atoms. The van der Waals surface area contributed by atoms with Crippen LogP contribution in [0.25, 0.3) is 11.3 Å². The average Bonchev–Trinajstić information content (AvgIpc) is 3.11. The summed E-state index contributed by atoms with van der Waals surface area (Å²) in [5, 5.41) is 13.7. The average molecular weight is 519 g/mol. The number of rotatable bonds is 9. The number of hydrogen-bond acceptors (Lipinski definition) is 5.